The van der Waals surface area contributed by atoms with Gasteiger partial charge in [-0.25, -0.2) is 0 Å². The summed E-state index contributed by atoms with van der Waals surface area (Å²) in [5.41, 5.74) is 1.72. The molecule has 0 aromatic heterocycles. The van der Waals surface area contributed by atoms with Gasteiger partial charge in [-0.3, -0.25) is 4.79 Å². The van der Waals surface area contributed by atoms with Gasteiger partial charge >= 0.3 is 5.97 Å². The van der Waals surface area contributed by atoms with E-state index in [1.807, 2.05) is 6.92 Å². The molecule has 2 atom stereocenters. The van der Waals surface area contributed by atoms with Crippen molar-refractivity contribution in [3.05, 3.63) is 23.3 Å². The molecule has 2 unspecified atom stereocenters. The summed E-state index contributed by atoms with van der Waals surface area (Å²) in [6, 6.07) is 3.42. The van der Waals surface area contributed by atoms with Crippen LogP contribution in [-0.4, -0.2) is 21.4 Å². The third kappa shape index (κ3) is 2.78. The summed E-state index contributed by atoms with van der Waals surface area (Å²) in [6.07, 6.45) is 7.01. The van der Waals surface area contributed by atoms with Crippen molar-refractivity contribution in [2.45, 2.75) is 61.5 Å². The summed E-state index contributed by atoms with van der Waals surface area (Å²) in [5, 5.41) is 19.9. The van der Waals surface area contributed by atoms with Crippen molar-refractivity contribution in [2.24, 2.45) is 5.92 Å². The van der Waals surface area contributed by atoms with Crippen LogP contribution in [0.3, 0.4) is 0 Å². The van der Waals surface area contributed by atoms with E-state index < -0.39 is 11.9 Å². The second kappa shape index (κ2) is 5.91. The van der Waals surface area contributed by atoms with Gasteiger partial charge in [0.05, 0.1) is 5.92 Å². The van der Waals surface area contributed by atoms with Crippen LogP contribution in [-0.2, 0) is 4.79 Å². The highest BCUT2D eigenvalue weighted by Gasteiger charge is 2.37. The molecule has 0 saturated heterocycles. The smallest absolute Gasteiger partial charge is 0.311 e. The van der Waals surface area contributed by atoms with Crippen molar-refractivity contribution in [3.8, 4) is 5.75 Å². The Morgan fingerprint density at radius 1 is 1.24 bits per heavy atom. The average molecular weight is 306 g/mol. The van der Waals surface area contributed by atoms with Crippen LogP contribution in [0.1, 0.15) is 55.6 Å². The average Bonchev–Trinajstić information content (AvgIpc) is 2.51. The minimum atomic E-state index is -0.734. The largest absolute Gasteiger partial charge is 0.508 e. The Balaban J connectivity index is 1.95. The Bertz CT molecular complexity index is 549. The molecule has 114 valence electrons. The van der Waals surface area contributed by atoms with Gasteiger partial charge in [0.25, 0.3) is 0 Å². The van der Waals surface area contributed by atoms with Gasteiger partial charge in [-0.15, -0.1) is 11.8 Å². The van der Waals surface area contributed by atoms with Crippen LogP contribution in [0.2, 0.25) is 0 Å². The van der Waals surface area contributed by atoms with Gasteiger partial charge in [0.1, 0.15) is 5.75 Å². The van der Waals surface area contributed by atoms with Crippen LogP contribution in [0.25, 0.3) is 0 Å². The van der Waals surface area contributed by atoms with Crippen molar-refractivity contribution in [3.63, 3.8) is 0 Å². The van der Waals surface area contributed by atoms with Gasteiger partial charge in [0.2, 0.25) is 0 Å². The Morgan fingerprint density at radius 2 is 1.95 bits per heavy atom. The predicted octanol–water partition coefficient (Wildman–Crippen LogP) is 4.31. The number of thioether (sulfide) groups is 1. The topological polar surface area (TPSA) is 57.5 Å². The standard InChI is InChI=1S/C17H22O3S/c1-10-14(18)8-7-12-13(17(19)20)9-15(21-16(10)12)11-5-3-2-4-6-11/h7-8,11,13,15,18H,2-6,9H2,1H3,(H,19,20). The number of carboxylic acids is 1. The zero-order valence-electron chi connectivity index (χ0n) is 12.3. The molecule has 2 aliphatic rings. The number of carbonyl (C=O) groups is 1. The number of aliphatic carboxylic acids is 1. The van der Waals surface area contributed by atoms with E-state index in [2.05, 4.69) is 0 Å². The van der Waals surface area contributed by atoms with E-state index in [1.54, 1.807) is 23.9 Å². The summed E-state index contributed by atoms with van der Waals surface area (Å²) in [5.74, 6) is -0.259. The van der Waals surface area contributed by atoms with Crippen LogP contribution in [0.5, 0.6) is 5.75 Å². The van der Waals surface area contributed by atoms with E-state index >= 15 is 0 Å². The molecular formula is C17H22O3S. The van der Waals surface area contributed by atoms with Gasteiger partial charge in [-0.05, 0) is 43.7 Å². The summed E-state index contributed by atoms with van der Waals surface area (Å²) in [6.45, 7) is 1.89. The number of aromatic hydroxyl groups is 1. The molecule has 21 heavy (non-hydrogen) atoms. The number of carboxylic acid groups (broad SMARTS) is 1. The van der Waals surface area contributed by atoms with Gasteiger partial charge < -0.3 is 10.2 Å². The molecule has 1 aromatic rings. The zero-order valence-corrected chi connectivity index (χ0v) is 13.2. The number of hydrogen-bond donors (Lipinski definition) is 2. The van der Waals surface area contributed by atoms with Crippen LogP contribution < -0.4 is 0 Å². The molecule has 1 aliphatic carbocycles. The van der Waals surface area contributed by atoms with Crippen LogP contribution in [0.4, 0.5) is 0 Å². The molecule has 2 N–H and O–H groups in total. The molecule has 4 heteroatoms. The molecule has 1 aliphatic heterocycles. The molecule has 1 saturated carbocycles. The van der Waals surface area contributed by atoms with E-state index in [0.29, 0.717) is 11.2 Å². The first kappa shape index (κ1) is 14.8. The van der Waals surface area contributed by atoms with Crippen LogP contribution in [0, 0.1) is 12.8 Å². The minimum Gasteiger partial charge on any atom is -0.508 e. The predicted molar refractivity (Wildman–Crippen MR) is 84.1 cm³/mol. The molecular weight excluding hydrogens is 284 g/mol. The molecule has 0 spiro atoms. The highest BCUT2D eigenvalue weighted by Crippen LogP contribution is 2.50. The number of fused-ring (bicyclic) bond motifs is 1. The first-order chi connectivity index (χ1) is 10.1. The summed E-state index contributed by atoms with van der Waals surface area (Å²) in [4.78, 5) is 12.7. The molecule has 1 heterocycles. The molecule has 0 radical (unpaired) electrons. The van der Waals surface area contributed by atoms with E-state index in [4.69, 9.17) is 0 Å². The van der Waals surface area contributed by atoms with Crippen molar-refractivity contribution in [1.82, 2.24) is 0 Å². The third-order valence-corrected chi connectivity index (χ3v) is 6.65. The second-order valence-electron chi connectivity index (χ2n) is 6.31. The minimum absolute atomic E-state index is 0.273. The third-order valence-electron chi connectivity index (χ3n) is 4.99. The maximum atomic E-state index is 11.7. The number of rotatable bonds is 2. The Labute approximate surface area is 129 Å². The molecule has 1 fully saturated rings. The lowest BCUT2D eigenvalue weighted by atomic mass is 9.81. The van der Waals surface area contributed by atoms with Gasteiger partial charge in [0, 0.05) is 15.7 Å². The van der Waals surface area contributed by atoms with Crippen LogP contribution >= 0.6 is 11.8 Å². The number of hydrogen-bond acceptors (Lipinski definition) is 3. The highest BCUT2D eigenvalue weighted by atomic mass is 32.2. The first-order valence-electron chi connectivity index (χ1n) is 7.80. The Hall–Kier alpha value is -1.16. The van der Waals surface area contributed by atoms with Crippen LogP contribution in [0.15, 0.2) is 17.0 Å². The lowest BCUT2D eigenvalue weighted by Gasteiger charge is -2.36. The second-order valence-corrected chi connectivity index (χ2v) is 7.56. The van der Waals surface area contributed by atoms with Crippen molar-refractivity contribution < 1.29 is 15.0 Å². The fraction of sp³-hybridized carbons (Fsp3) is 0.588. The fourth-order valence-electron chi connectivity index (χ4n) is 3.72. The van der Waals surface area contributed by atoms with E-state index in [-0.39, 0.29) is 5.75 Å². The van der Waals surface area contributed by atoms with Crippen molar-refractivity contribution in [1.29, 1.82) is 0 Å². The van der Waals surface area contributed by atoms with Crippen molar-refractivity contribution in [2.75, 3.05) is 0 Å². The molecule has 1 aromatic carbocycles. The number of phenols is 1. The van der Waals surface area contributed by atoms with Crippen molar-refractivity contribution >= 4 is 17.7 Å². The number of phenolic OH excluding ortho intramolecular Hbond substituents is 1. The maximum absolute atomic E-state index is 11.7. The molecule has 3 rings (SSSR count). The van der Waals surface area contributed by atoms with Gasteiger partial charge in [-0.1, -0.05) is 25.3 Å². The quantitative estimate of drug-likeness (QED) is 0.854. The number of benzene rings is 1. The molecule has 0 bridgehead atoms. The lowest BCUT2D eigenvalue weighted by Crippen LogP contribution is -2.29. The SMILES string of the molecule is Cc1c(O)ccc2c1SC(C1CCCCC1)CC2C(=O)O. The summed E-state index contributed by atoms with van der Waals surface area (Å²) in [7, 11) is 0. The van der Waals surface area contributed by atoms with Gasteiger partial charge in [0.15, 0.2) is 0 Å². The Morgan fingerprint density at radius 3 is 2.62 bits per heavy atom. The first-order valence-corrected chi connectivity index (χ1v) is 8.68. The van der Waals surface area contributed by atoms with E-state index in [1.165, 1.54) is 32.1 Å². The lowest BCUT2D eigenvalue weighted by molar-refractivity contribution is -0.139. The summed E-state index contributed by atoms with van der Waals surface area (Å²) < 4.78 is 0. The summed E-state index contributed by atoms with van der Waals surface area (Å²) >= 11 is 1.80. The fourth-order valence-corrected chi connectivity index (χ4v) is 5.40. The van der Waals surface area contributed by atoms with E-state index in [0.717, 1.165) is 22.4 Å². The van der Waals surface area contributed by atoms with Gasteiger partial charge in [-0.2, -0.15) is 0 Å². The maximum Gasteiger partial charge on any atom is 0.311 e. The highest BCUT2D eigenvalue weighted by molar-refractivity contribution is 8.00. The normalized spacial score (nSPS) is 26.3. The monoisotopic (exact) mass is 306 g/mol. The Kier molecular flexibility index (Phi) is 4.16. The van der Waals surface area contributed by atoms with E-state index in [9.17, 15) is 15.0 Å². The molecule has 0 amide bonds. The molecule has 3 nitrogen and oxygen atoms in total. The zero-order chi connectivity index (χ0) is 15.0.